The minimum atomic E-state index is -3.29. The van der Waals surface area contributed by atoms with Gasteiger partial charge in [0.2, 0.25) is 0 Å². The van der Waals surface area contributed by atoms with E-state index in [1.807, 2.05) is 28.9 Å². The van der Waals surface area contributed by atoms with Gasteiger partial charge in [0.25, 0.3) is 0 Å². The monoisotopic (exact) mass is 533 g/mol. The third-order valence-corrected chi connectivity index (χ3v) is 8.44. The lowest BCUT2D eigenvalue weighted by Gasteiger charge is -2.34. The lowest BCUT2D eigenvalue weighted by molar-refractivity contribution is -0.0383. The normalized spacial score (nSPS) is 20.6. The number of sulfone groups is 1. The second-order valence-electron chi connectivity index (χ2n) is 9.98. The van der Waals surface area contributed by atoms with E-state index in [0.29, 0.717) is 18.1 Å². The van der Waals surface area contributed by atoms with Crippen molar-refractivity contribution in [3.63, 3.8) is 0 Å². The second-order valence-corrected chi connectivity index (χ2v) is 12.0. The zero-order valence-electron chi connectivity index (χ0n) is 21.6. The summed E-state index contributed by atoms with van der Waals surface area (Å²) in [6.07, 6.45) is 7.73. The smallest absolute Gasteiger partial charge is 0.175 e. The molecule has 6 rings (SSSR count). The van der Waals surface area contributed by atoms with Crippen LogP contribution >= 0.6 is 0 Å². The predicted molar refractivity (Wildman–Crippen MR) is 146 cm³/mol. The second kappa shape index (κ2) is 10.1. The number of fused-ring (bicyclic) bond motifs is 1. The molecule has 0 amide bonds. The zero-order valence-corrected chi connectivity index (χ0v) is 22.4. The Morgan fingerprint density at radius 2 is 1.87 bits per heavy atom. The first kappa shape index (κ1) is 25.0. The van der Waals surface area contributed by atoms with Gasteiger partial charge in [-0.15, -0.1) is 0 Å². The van der Waals surface area contributed by atoms with Crippen molar-refractivity contribution in [2.45, 2.75) is 43.4 Å². The van der Waals surface area contributed by atoms with E-state index in [1.54, 1.807) is 24.5 Å². The van der Waals surface area contributed by atoms with Gasteiger partial charge in [-0.3, -0.25) is 4.98 Å². The Morgan fingerprint density at radius 1 is 1.03 bits per heavy atom. The number of aromatic nitrogens is 4. The van der Waals surface area contributed by atoms with Gasteiger partial charge in [0.15, 0.2) is 16.1 Å². The Balaban J connectivity index is 1.55. The van der Waals surface area contributed by atoms with Crippen molar-refractivity contribution in [2.75, 3.05) is 37.5 Å². The van der Waals surface area contributed by atoms with Gasteiger partial charge in [-0.25, -0.2) is 18.1 Å². The maximum absolute atomic E-state index is 12.1. The molecule has 2 unspecified atom stereocenters. The standard InChI is InChI=1S/C28H31N5O4S/c1-19-18-36-16-14-32(19)25-17-23(20-6-8-21(9-7-20)38(2,34)35)22-10-12-29-28(27(22)31-25)24-11-13-30-33(24)26-5-3-4-15-37-26/h6-13,17,19,26H,3-5,14-16,18H2,1-2H3. The fourth-order valence-corrected chi connectivity index (χ4v) is 5.94. The Labute approximate surface area is 222 Å². The number of morpholine rings is 1. The van der Waals surface area contributed by atoms with Crippen LogP contribution < -0.4 is 4.90 Å². The van der Waals surface area contributed by atoms with Gasteiger partial charge < -0.3 is 14.4 Å². The highest BCUT2D eigenvalue weighted by Gasteiger charge is 2.25. The summed E-state index contributed by atoms with van der Waals surface area (Å²) in [6.45, 7) is 4.84. The molecule has 2 aliphatic heterocycles. The summed E-state index contributed by atoms with van der Waals surface area (Å²) in [6, 6.07) is 13.2. The molecule has 2 fully saturated rings. The van der Waals surface area contributed by atoms with Crippen LogP contribution in [-0.4, -0.2) is 66.8 Å². The maximum Gasteiger partial charge on any atom is 0.175 e. The Hall–Kier alpha value is -3.34. The number of hydrogen-bond donors (Lipinski definition) is 0. The summed E-state index contributed by atoms with van der Waals surface area (Å²) in [4.78, 5) is 12.5. The molecule has 0 spiro atoms. The van der Waals surface area contributed by atoms with E-state index in [4.69, 9.17) is 19.4 Å². The molecule has 0 bridgehead atoms. The van der Waals surface area contributed by atoms with Crippen LogP contribution in [0, 0.1) is 0 Å². The first-order valence-electron chi connectivity index (χ1n) is 13.0. The number of nitrogens with zero attached hydrogens (tertiary/aromatic N) is 5. The van der Waals surface area contributed by atoms with E-state index in [2.05, 4.69) is 23.0 Å². The van der Waals surface area contributed by atoms with Gasteiger partial charge in [0.1, 0.15) is 17.0 Å². The van der Waals surface area contributed by atoms with Crippen LogP contribution in [0.25, 0.3) is 33.4 Å². The molecule has 4 aromatic rings. The van der Waals surface area contributed by atoms with Crippen molar-refractivity contribution in [1.29, 1.82) is 0 Å². The van der Waals surface area contributed by atoms with Crippen molar-refractivity contribution in [3.05, 3.63) is 54.9 Å². The molecule has 0 saturated carbocycles. The van der Waals surface area contributed by atoms with Gasteiger partial charge in [-0.1, -0.05) is 12.1 Å². The number of hydrogen-bond acceptors (Lipinski definition) is 8. The average Bonchev–Trinajstić information content (AvgIpc) is 3.42. The van der Waals surface area contributed by atoms with Crippen LogP contribution in [0.2, 0.25) is 0 Å². The molecule has 0 N–H and O–H groups in total. The van der Waals surface area contributed by atoms with Crippen LogP contribution in [0.1, 0.15) is 32.4 Å². The predicted octanol–water partition coefficient (Wildman–Crippen LogP) is 4.49. The van der Waals surface area contributed by atoms with E-state index in [-0.39, 0.29) is 12.3 Å². The van der Waals surface area contributed by atoms with E-state index < -0.39 is 9.84 Å². The minimum Gasteiger partial charge on any atom is -0.377 e. The van der Waals surface area contributed by atoms with Crippen molar-refractivity contribution >= 4 is 26.6 Å². The third kappa shape index (κ3) is 4.68. The molecule has 3 aromatic heterocycles. The molecule has 9 nitrogen and oxygen atoms in total. The average molecular weight is 534 g/mol. The SMILES string of the molecule is CC1COCCN1c1cc(-c2ccc(S(C)(=O)=O)cc2)c2ccnc(-c3ccnn3C3CCCCO3)c2n1. The molecule has 0 aliphatic carbocycles. The molecule has 198 valence electrons. The molecule has 5 heterocycles. The Kier molecular flexibility index (Phi) is 6.63. The summed E-state index contributed by atoms with van der Waals surface area (Å²) in [5.41, 5.74) is 4.25. The quantitative estimate of drug-likeness (QED) is 0.370. The highest BCUT2D eigenvalue weighted by atomic mass is 32.2. The van der Waals surface area contributed by atoms with Crippen LogP contribution in [0.5, 0.6) is 0 Å². The van der Waals surface area contributed by atoms with E-state index >= 15 is 0 Å². The number of benzene rings is 1. The van der Waals surface area contributed by atoms with Crippen molar-refractivity contribution in [3.8, 4) is 22.5 Å². The molecule has 2 aliphatic rings. The first-order chi connectivity index (χ1) is 18.4. The van der Waals surface area contributed by atoms with Gasteiger partial charge in [0.05, 0.1) is 29.8 Å². The minimum absolute atomic E-state index is 0.128. The van der Waals surface area contributed by atoms with Crippen molar-refractivity contribution < 1.29 is 17.9 Å². The van der Waals surface area contributed by atoms with Crippen LogP contribution in [0.15, 0.2) is 59.8 Å². The van der Waals surface area contributed by atoms with E-state index in [9.17, 15) is 8.42 Å². The van der Waals surface area contributed by atoms with E-state index in [1.165, 1.54) is 6.26 Å². The summed E-state index contributed by atoms with van der Waals surface area (Å²) in [7, 11) is -3.29. The first-order valence-corrected chi connectivity index (χ1v) is 14.9. The summed E-state index contributed by atoms with van der Waals surface area (Å²) in [5, 5.41) is 5.54. The fourth-order valence-electron chi connectivity index (χ4n) is 5.31. The lowest BCUT2D eigenvalue weighted by Crippen LogP contribution is -2.44. The van der Waals surface area contributed by atoms with Crippen LogP contribution in [0.3, 0.4) is 0 Å². The van der Waals surface area contributed by atoms with Gasteiger partial charge in [0, 0.05) is 37.2 Å². The maximum atomic E-state index is 12.1. The number of pyridine rings is 2. The molecule has 2 atom stereocenters. The molecular weight excluding hydrogens is 502 g/mol. The fraction of sp³-hybridized carbons (Fsp3) is 0.393. The summed E-state index contributed by atoms with van der Waals surface area (Å²) >= 11 is 0. The molecular formula is C28H31N5O4S. The molecule has 1 aromatic carbocycles. The Morgan fingerprint density at radius 3 is 2.61 bits per heavy atom. The summed E-state index contributed by atoms with van der Waals surface area (Å²) < 4.78 is 37.8. The summed E-state index contributed by atoms with van der Waals surface area (Å²) in [5.74, 6) is 0.838. The molecule has 38 heavy (non-hydrogen) atoms. The number of rotatable bonds is 5. The topological polar surface area (TPSA) is 99.4 Å². The van der Waals surface area contributed by atoms with Crippen LogP contribution in [0.4, 0.5) is 5.82 Å². The zero-order chi connectivity index (χ0) is 26.3. The van der Waals surface area contributed by atoms with Gasteiger partial charge >= 0.3 is 0 Å². The van der Waals surface area contributed by atoms with Crippen molar-refractivity contribution in [1.82, 2.24) is 19.7 Å². The largest absolute Gasteiger partial charge is 0.377 e. The lowest BCUT2D eigenvalue weighted by atomic mass is 10.00. The third-order valence-electron chi connectivity index (χ3n) is 7.31. The van der Waals surface area contributed by atoms with E-state index in [0.717, 1.165) is 71.6 Å². The Bertz CT molecular complexity index is 1560. The highest BCUT2D eigenvalue weighted by Crippen LogP contribution is 2.37. The number of anilines is 1. The molecule has 0 radical (unpaired) electrons. The molecule has 2 saturated heterocycles. The molecule has 10 heteroatoms. The van der Waals surface area contributed by atoms with Gasteiger partial charge in [-0.05, 0) is 67.6 Å². The highest BCUT2D eigenvalue weighted by molar-refractivity contribution is 7.90. The van der Waals surface area contributed by atoms with Gasteiger partial charge in [-0.2, -0.15) is 5.10 Å². The number of ether oxygens (including phenoxy) is 2. The van der Waals surface area contributed by atoms with Crippen molar-refractivity contribution in [2.24, 2.45) is 0 Å². The van der Waals surface area contributed by atoms with Crippen LogP contribution in [-0.2, 0) is 19.3 Å².